The zero-order valence-corrected chi connectivity index (χ0v) is 18.1. The highest BCUT2D eigenvalue weighted by Gasteiger charge is 2.40. The molecule has 1 saturated carbocycles. The van der Waals surface area contributed by atoms with Crippen LogP contribution in [0.15, 0.2) is 11.8 Å². The lowest BCUT2D eigenvalue weighted by Crippen LogP contribution is -2.26. The van der Waals surface area contributed by atoms with Gasteiger partial charge in [0.1, 0.15) is 12.4 Å². The Morgan fingerprint density at radius 2 is 1.83 bits per heavy atom. The van der Waals surface area contributed by atoms with Crippen molar-refractivity contribution in [3.63, 3.8) is 0 Å². The van der Waals surface area contributed by atoms with E-state index < -0.39 is 29.9 Å². The second kappa shape index (κ2) is 13.1. The molecule has 6 nitrogen and oxygen atoms in total. The standard InChI is InChI=1S/C23H40O6/c1-3-4-8-13-23(2,29)14-9-11-18-17(20(26)15-21(18)27)10-6-5-7-12-19(25)22(28)16-24/h12,17-18,21,24-25,27,29H,3-11,13-16H2,1-2H3/t17-,18-,21-,23?/m1/s1. The van der Waals surface area contributed by atoms with Gasteiger partial charge in [-0.15, -0.1) is 0 Å². The van der Waals surface area contributed by atoms with Gasteiger partial charge in [0.05, 0.1) is 11.7 Å². The Balaban J connectivity index is 2.41. The summed E-state index contributed by atoms with van der Waals surface area (Å²) in [7, 11) is 0. The molecule has 0 heterocycles. The van der Waals surface area contributed by atoms with E-state index in [-0.39, 0.29) is 24.0 Å². The Labute approximate surface area is 175 Å². The number of hydrogen-bond acceptors (Lipinski definition) is 6. The van der Waals surface area contributed by atoms with Gasteiger partial charge in [0, 0.05) is 12.3 Å². The van der Waals surface area contributed by atoms with Crippen LogP contribution in [0.4, 0.5) is 0 Å². The number of aliphatic hydroxyl groups excluding tert-OH is 3. The number of Topliss-reactive ketones (excluding diaryl/α,β-unsaturated/α-hetero) is 2. The van der Waals surface area contributed by atoms with Gasteiger partial charge in [-0.05, 0) is 57.4 Å². The first-order chi connectivity index (χ1) is 13.7. The smallest absolute Gasteiger partial charge is 0.221 e. The van der Waals surface area contributed by atoms with Gasteiger partial charge >= 0.3 is 0 Å². The Hall–Kier alpha value is -1.24. The van der Waals surface area contributed by atoms with Crippen LogP contribution in [0.5, 0.6) is 0 Å². The van der Waals surface area contributed by atoms with Crippen molar-refractivity contribution in [3.8, 4) is 0 Å². The number of hydrogen-bond donors (Lipinski definition) is 4. The average Bonchev–Trinajstić information content (AvgIpc) is 2.93. The summed E-state index contributed by atoms with van der Waals surface area (Å²) in [5, 5.41) is 38.9. The van der Waals surface area contributed by atoms with Crippen LogP contribution in [0.25, 0.3) is 0 Å². The fraction of sp³-hybridized carbons (Fsp3) is 0.826. The second-order valence-electron chi connectivity index (χ2n) is 8.81. The molecule has 0 aromatic rings. The molecule has 0 aromatic heterocycles. The summed E-state index contributed by atoms with van der Waals surface area (Å²) < 4.78 is 0. The molecule has 29 heavy (non-hydrogen) atoms. The number of carbonyl (C=O) groups excluding carboxylic acids is 2. The largest absolute Gasteiger partial charge is 0.505 e. The van der Waals surface area contributed by atoms with Gasteiger partial charge in [0.25, 0.3) is 0 Å². The first-order valence-electron chi connectivity index (χ1n) is 11.2. The Kier molecular flexibility index (Phi) is 11.7. The van der Waals surface area contributed by atoms with Gasteiger partial charge in [-0.1, -0.05) is 39.0 Å². The summed E-state index contributed by atoms with van der Waals surface area (Å²) in [5.41, 5.74) is -0.682. The molecule has 0 aromatic carbocycles. The topological polar surface area (TPSA) is 115 Å². The molecule has 1 unspecified atom stereocenters. The van der Waals surface area contributed by atoms with Crippen molar-refractivity contribution < 1.29 is 30.0 Å². The maximum atomic E-state index is 12.3. The molecule has 4 atom stereocenters. The molecular weight excluding hydrogens is 372 g/mol. The lowest BCUT2D eigenvalue weighted by Gasteiger charge is -2.26. The number of rotatable bonds is 15. The van der Waals surface area contributed by atoms with E-state index in [1.54, 1.807) is 0 Å². The maximum Gasteiger partial charge on any atom is 0.221 e. The minimum Gasteiger partial charge on any atom is -0.505 e. The highest BCUT2D eigenvalue weighted by Crippen LogP contribution is 2.37. The van der Waals surface area contributed by atoms with E-state index in [1.807, 2.05) is 6.92 Å². The van der Waals surface area contributed by atoms with Crippen molar-refractivity contribution in [1.82, 2.24) is 0 Å². The third-order valence-electron chi connectivity index (χ3n) is 6.14. The van der Waals surface area contributed by atoms with Gasteiger partial charge in [0.2, 0.25) is 5.78 Å². The summed E-state index contributed by atoms with van der Waals surface area (Å²) in [6.07, 6.45) is 9.99. The van der Waals surface area contributed by atoms with E-state index >= 15 is 0 Å². The Morgan fingerprint density at radius 3 is 2.48 bits per heavy atom. The molecule has 0 amide bonds. The van der Waals surface area contributed by atoms with Gasteiger partial charge in [0.15, 0.2) is 5.76 Å². The fourth-order valence-electron chi connectivity index (χ4n) is 4.33. The molecule has 1 rings (SSSR count). The molecule has 0 spiro atoms. The van der Waals surface area contributed by atoms with Crippen molar-refractivity contribution in [2.45, 2.75) is 103 Å². The zero-order valence-electron chi connectivity index (χ0n) is 18.1. The van der Waals surface area contributed by atoms with E-state index in [4.69, 9.17) is 5.11 Å². The molecular formula is C23H40O6. The molecule has 0 bridgehead atoms. The molecule has 4 N–H and O–H groups in total. The first kappa shape index (κ1) is 25.8. The predicted octanol–water partition coefficient (Wildman–Crippen LogP) is 3.62. The monoisotopic (exact) mass is 412 g/mol. The van der Waals surface area contributed by atoms with Crippen LogP contribution in [0, 0.1) is 11.8 Å². The molecule has 168 valence electrons. The van der Waals surface area contributed by atoms with Gasteiger partial charge in [-0.3, -0.25) is 9.59 Å². The number of aliphatic hydroxyl groups is 4. The lowest BCUT2D eigenvalue weighted by molar-refractivity contribution is -0.121. The van der Waals surface area contributed by atoms with Crippen LogP contribution < -0.4 is 0 Å². The van der Waals surface area contributed by atoms with Crippen LogP contribution in [-0.2, 0) is 9.59 Å². The van der Waals surface area contributed by atoms with Crippen LogP contribution in [-0.4, -0.2) is 50.3 Å². The van der Waals surface area contributed by atoms with Crippen LogP contribution in [0.3, 0.4) is 0 Å². The summed E-state index contributed by atoms with van der Waals surface area (Å²) >= 11 is 0. The molecule has 6 heteroatoms. The third-order valence-corrected chi connectivity index (χ3v) is 6.14. The van der Waals surface area contributed by atoms with Gasteiger partial charge in [-0.2, -0.15) is 0 Å². The molecule has 0 saturated heterocycles. The summed E-state index contributed by atoms with van der Waals surface area (Å²) in [6.45, 7) is 3.31. The normalized spacial score (nSPS) is 24.7. The number of unbranched alkanes of at least 4 members (excludes halogenated alkanes) is 4. The van der Waals surface area contributed by atoms with Crippen LogP contribution in [0.1, 0.15) is 90.9 Å². The van der Waals surface area contributed by atoms with E-state index in [9.17, 15) is 24.9 Å². The number of carbonyl (C=O) groups is 2. The summed E-state index contributed by atoms with van der Waals surface area (Å²) in [5.74, 6) is -1.18. The SMILES string of the molecule is CCCCCC(C)(O)CCC[C@H]1[C@H](O)CC(=O)[C@@H]1CCCCC=C(O)C(=O)CO. The third kappa shape index (κ3) is 9.41. The average molecular weight is 413 g/mol. The van der Waals surface area contributed by atoms with Crippen molar-refractivity contribution >= 4 is 11.6 Å². The van der Waals surface area contributed by atoms with Crippen molar-refractivity contribution in [3.05, 3.63) is 11.8 Å². The van der Waals surface area contributed by atoms with Crippen molar-refractivity contribution in [2.24, 2.45) is 11.8 Å². The molecule has 0 radical (unpaired) electrons. The van der Waals surface area contributed by atoms with Crippen molar-refractivity contribution in [2.75, 3.05) is 6.61 Å². The highest BCUT2D eigenvalue weighted by molar-refractivity contribution is 5.93. The fourth-order valence-corrected chi connectivity index (χ4v) is 4.33. The summed E-state index contributed by atoms with van der Waals surface area (Å²) in [6, 6.07) is 0. The van der Waals surface area contributed by atoms with E-state index in [2.05, 4.69) is 6.92 Å². The molecule has 0 aliphatic heterocycles. The molecule has 1 fully saturated rings. The molecule has 1 aliphatic rings. The van der Waals surface area contributed by atoms with E-state index in [0.717, 1.165) is 51.4 Å². The minimum absolute atomic E-state index is 0.0474. The lowest BCUT2D eigenvalue weighted by atomic mass is 9.83. The van der Waals surface area contributed by atoms with Gasteiger partial charge < -0.3 is 20.4 Å². The number of allylic oxidation sites excluding steroid dienone is 1. The summed E-state index contributed by atoms with van der Waals surface area (Å²) in [4.78, 5) is 23.4. The zero-order chi connectivity index (χ0) is 21.9. The second-order valence-corrected chi connectivity index (χ2v) is 8.81. The number of ketones is 2. The van der Waals surface area contributed by atoms with E-state index in [1.165, 1.54) is 6.08 Å². The predicted molar refractivity (Wildman–Crippen MR) is 113 cm³/mol. The van der Waals surface area contributed by atoms with Crippen LogP contribution in [0.2, 0.25) is 0 Å². The maximum absolute atomic E-state index is 12.3. The Bertz CT molecular complexity index is 539. The quantitative estimate of drug-likeness (QED) is 0.185. The Morgan fingerprint density at radius 1 is 1.14 bits per heavy atom. The van der Waals surface area contributed by atoms with Crippen LogP contribution >= 0.6 is 0 Å². The minimum atomic E-state index is -0.704. The molecule has 1 aliphatic carbocycles. The van der Waals surface area contributed by atoms with Gasteiger partial charge in [-0.25, -0.2) is 0 Å². The van der Waals surface area contributed by atoms with Crippen molar-refractivity contribution in [1.29, 1.82) is 0 Å². The first-order valence-corrected chi connectivity index (χ1v) is 11.2. The van der Waals surface area contributed by atoms with E-state index in [0.29, 0.717) is 19.3 Å². The highest BCUT2D eigenvalue weighted by atomic mass is 16.3.